The van der Waals surface area contributed by atoms with Gasteiger partial charge in [-0.05, 0) is 61.6 Å². The van der Waals surface area contributed by atoms with Crippen molar-refractivity contribution in [2.45, 2.75) is 69.6 Å². The third kappa shape index (κ3) is 9.72. The summed E-state index contributed by atoms with van der Waals surface area (Å²) in [6, 6.07) is 30.9. The Morgan fingerprint density at radius 3 is 1.68 bits per heavy atom. The number of methoxy groups -OCH3 is 1. The highest BCUT2D eigenvalue weighted by Gasteiger charge is 2.39. The van der Waals surface area contributed by atoms with Crippen molar-refractivity contribution in [3.63, 3.8) is 0 Å². The highest BCUT2D eigenvalue weighted by Crippen LogP contribution is 2.42. The van der Waals surface area contributed by atoms with Gasteiger partial charge in [0, 0.05) is 19.3 Å². The lowest BCUT2D eigenvalue weighted by molar-refractivity contribution is -0.145. The van der Waals surface area contributed by atoms with Gasteiger partial charge in [-0.2, -0.15) is 0 Å². The number of benzene rings is 4. The van der Waals surface area contributed by atoms with E-state index in [0.717, 1.165) is 16.7 Å². The average molecular weight is 681 g/mol. The number of hydrogen-bond donors (Lipinski definition) is 4. The fraction of sp³-hybridized carbons (Fsp3) is 0.300. The molecule has 262 valence electrons. The van der Waals surface area contributed by atoms with Crippen molar-refractivity contribution in [1.29, 1.82) is 0 Å². The number of phenols is 2. The van der Waals surface area contributed by atoms with Crippen molar-refractivity contribution in [1.82, 2.24) is 10.6 Å². The number of rotatable bonds is 14. The Morgan fingerprint density at radius 1 is 0.700 bits per heavy atom. The zero-order valence-electron chi connectivity index (χ0n) is 28.7. The fourth-order valence-corrected chi connectivity index (χ4v) is 5.92. The average Bonchev–Trinajstić information content (AvgIpc) is 3.10. The molecule has 0 aliphatic rings. The Bertz CT molecular complexity index is 1660. The maximum Gasteiger partial charge on any atom is 0.408 e. The SMILES string of the molecule is COC(=O)[C@H](CCC(=O)CC(c1ccccc1)(c1ccccc1)c1ccccc1)NC(=O)[C@H](Cc1ccc(O)c(O)c1)NC(=O)OC(C)(C)C. The summed E-state index contributed by atoms with van der Waals surface area (Å²) in [4.78, 5) is 53.4. The van der Waals surface area contributed by atoms with Crippen LogP contribution in [0, 0.1) is 0 Å². The highest BCUT2D eigenvalue weighted by atomic mass is 16.6. The molecule has 4 aromatic rings. The second kappa shape index (κ2) is 16.6. The smallest absolute Gasteiger partial charge is 0.408 e. The Morgan fingerprint density at radius 2 is 1.22 bits per heavy atom. The number of carbonyl (C=O) groups is 4. The second-order valence-electron chi connectivity index (χ2n) is 13.1. The first-order chi connectivity index (χ1) is 23.8. The standard InChI is InChI=1S/C40H44N2O8/c1-39(2,3)50-38(48)42-33(24-27-20-23-34(44)35(45)25-27)36(46)41-32(37(47)49-4)22-21-31(43)26-40(28-14-8-5-9-15-28,29-16-10-6-11-17-29)30-18-12-7-13-19-30/h5-20,23,25,32-33,44-45H,21-22,24,26H2,1-4H3,(H,41,46)(H,42,48)/t32-,33-/m0/s1. The number of Topliss-reactive ketones (excluding diaryl/α,β-unsaturated/α-hetero) is 1. The molecule has 0 aliphatic heterocycles. The summed E-state index contributed by atoms with van der Waals surface area (Å²) >= 11 is 0. The number of hydrogen-bond acceptors (Lipinski definition) is 8. The number of nitrogens with one attached hydrogen (secondary N) is 2. The Labute approximate surface area is 292 Å². The number of phenolic OH excluding ortho intramolecular Hbond substituents is 2. The van der Waals surface area contributed by atoms with E-state index in [1.54, 1.807) is 20.8 Å². The largest absolute Gasteiger partial charge is 0.504 e. The Hall–Kier alpha value is -5.64. The molecular weight excluding hydrogens is 636 g/mol. The highest BCUT2D eigenvalue weighted by molar-refractivity contribution is 5.90. The van der Waals surface area contributed by atoms with Gasteiger partial charge in [0.05, 0.1) is 12.5 Å². The maximum absolute atomic E-state index is 14.0. The van der Waals surface area contributed by atoms with Crippen LogP contribution in [0.5, 0.6) is 11.5 Å². The van der Waals surface area contributed by atoms with E-state index >= 15 is 0 Å². The number of carbonyl (C=O) groups excluding carboxylic acids is 4. The van der Waals surface area contributed by atoms with Crippen molar-refractivity contribution in [3.8, 4) is 11.5 Å². The molecule has 10 nitrogen and oxygen atoms in total. The van der Waals surface area contributed by atoms with Crippen LogP contribution in [-0.2, 0) is 35.7 Å². The summed E-state index contributed by atoms with van der Waals surface area (Å²) in [6.07, 6.45) is -1.03. The van der Waals surface area contributed by atoms with Crippen molar-refractivity contribution >= 4 is 23.8 Å². The molecule has 4 rings (SSSR count). The first-order valence-corrected chi connectivity index (χ1v) is 16.4. The lowest BCUT2D eigenvalue weighted by atomic mass is 9.66. The van der Waals surface area contributed by atoms with Crippen molar-refractivity contribution in [2.75, 3.05) is 7.11 Å². The Kier molecular flexibility index (Phi) is 12.4. The van der Waals surface area contributed by atoms with Crippen molar-refractivity contribution in [3.05, 3.63) is 131 Å². The summed E-state index contributed by atoms with van der Waals surface area (Å²) < 4.78 is 10.3. The molecular formula is C40H44N2O8. The molecule has 0 aliphatic carbocycles. The Balaban J connectivity index is 1.58. The maximum atomic E-state index is 14.0. The molecule has 0 saturated carbocycles. The minimum atomic E-state index is -1.25. The van der Waals surface area contributed by atoms with Gasteiger partial charge in [0.25, 0.3) is 0 Å². The van der Waals surface area contributed by atoms with Crippen molar-refractivity contribution in [2.24, 2.45) is 0 Å². The zero-order valence-corrected chi connectivity index (χ0v) is 28.7. The van der Waals surface area contributed by atoms with Crippen LogP contribution in [0.4, 0.5) is 4.79 Å². The van der Waals surface area contributed by atoms with Crippen LogP contribution in [-0.4, -0.2) is 58.8 Å². The molecule has 0 aromatic heterocycles. The van der Waals surface area contributed by atoms with Gasteiger partial charge in [-0.15, -0.1) is 0 Å². The normalized spacial score (nSPS) is 12.6. The van der Waals surface area contributed by atoms with Crippen LogP contribution in [0.1, 0.15) is 62.3 Å². The number of ketones is 1. The summed E-state index contributed by atoms with van der Waals surface area (Å²) in [7, 11) is 1.18. The topological polar surface area (TPSA) is 151 Å². The number of amides is 2. The third-order valence-corrected chi connectivity index (χ3v) is 8.26. The van der Waals surface area contributed by atoms with Gasteiger partial charge in [-0.1, -0.05) is 97.1 Å². The van der Waals surface area contributed by atoms with Gasteiger partial charge in [0.15, 0.2) is 11.5 Å². The summed E-state index contributed by atoms with van der Waals surface area (Å²) in [5, 5.41) is 24.9. The van der Waals surface area contributed by atoms with Gasteiger partial charge in [0.1, 0.15) is 23.5 Å². The minimum Gasteiger partial charge on any atom is -0.504 e. The van der Waals surface area contributed by atoms with E-state index in [2.05, 4.69) is 10.6 Å². The molecule has 2 amide bonds. The van der Waals surface area contributed by atoms with E-state index < -0.39 is 46.8 Å². The molecule has 0 heterocycles. The fourth-order valence-electron chi connectivity index (χ4n) is 5.92. The van der Waals surface area contributed by atoms with E-state index in [1.165, 1.54) is 25.3 Å². The number of alkyl carbamates (subject to hydrolysis) is 1. The molecule has 0 spiro atoms. The van der Waals surface area contributed by atoms with Crippen LogP contribution >= 0.6 is 0 Å². The minimum absolute atomic E-state index is 0.0646. The molecule has 4 aromatic carbocycles. The molecule has 0 fully saturated rings. The first-order valence-electron chi connectivity index (χ1n) is 16.4. The van der Waals surface area contributed by atoms with Gasteiger partial charge >= 0.3 is 12.1 Å². The van der Waals surface area contributed by atoms with E-state index in [4.69, 9.17) is 9.47 Å². The zero-order chi connectivity index (χ0) is 36.3. The molecule has 10 heteroatoms. The molecule has 50 heavy (non-hydrogen) atoms. The van der Waals surface area contributed by atoms with Gasteiger partial charge in [-0.25, -0.2) is 9.59 Å². The van der Waals surface area contributed by atoms with Gasteiger partial charge in [0.2, 0.25) is 5.91 Å². The predicted molar refractivity (Wildman–Crippen MR) is 189 cm³/mol. The number of esters is 1. The van der Waals surface area contributed by atoms with Crippen molar-refractivity contribution < 1.29 is 38.9 Å². The monoisotopic (exact) mass is 680 g/mol. The van der Waals surface area contributed by atoms with Gasteiger partial charge in [-0.3, -0.25) is 9.59 Å². The van der Waals surface area contributed by atoms with Gasteiger partial charge < -0.3 is 30.3 Å². The van der Waals surface area contributed by atoms with E-state index in [0.29, 0.717) is 5.56 Å². The molecule has 0 bridgehead atoms. The van der Waals surface area contributed by atoms with E-state index in [-0.39, 0.29) is 37.2 Å². The lowest BCUT2D eigenvalue weighted by Gasteiger charge is -2.35. The molecule has 4 N–H and O–H groups in total. The third-order valence-electron chi connectivity index (χ3n) is 8.26. The van der Waals surface area contributed by atoms with Crippen LogP contribution in [0.15, 0.2) is 109 Å². The van der Waals surface area contributed by atoms with E-state index in [9.17, 15) is 29.4 Å². The molecule has 0 saturated heterocycles. The summed E-state index contributed by atoms with van der Waals surface area (Å²) in [5.41, 5.74) is 1.52. The quantitative estimate of drug-likeness (QED) is 0.0723. The van der Waals surface area contributed by atoms with Crippen LogP contribution in [0.2, 0.25) is 0 Å². The van der Waals surface area contributed by atoms with Crippen LogP contribution in [0.25, 0.3) is 0 Å². The number of aromatic hydroxyl groups is 2. The second-order valence-corrected chi connectivity index (χ2v) is 13.1. The number of ether oxygens (including phenoxy) is 2. The lowest BCUT2D eigenvalue weighted by Crippen LogP contribution is -2.53. The summed E-state index contributed by atoms with van der Waals surface area (Å²) in [5.74, 6) is -2.39. The molecule has 2 atom stereocenters. The predicted octanol–water partition coefficient (Wildman–Crippen LogP) is 5.97. The molecule has 0 radical (unpaired) electrons. The van der Waals surface area contributed by atoms with Crippen LogP contribution < -0.4 is 10.6 Å². The summed E-state index contributed by atoms with van der Waals surface area (Å²) in [6.45, 7) is 5.02. The van der Waals surface area contributed by atoms with E-state index in [1.807, 2.05) is 91.0 Å². The van der Waals surface area contributed by atoms with Crippen LogP contribution in [0.3, 0.4) is 0 Å². The molecule has 0 unspecified atom stereocenters. The first kappa shape index (κ1) is 37.2.